The van der Waals surface area contributed by atoms with Gasteiger partial charge in [-0.2, -0.15) is 0 Å². The number of amidine groups is 1. The lowest BCUT2D eigenvalue weighted by molar-refractivity contribution is -0.121. The second-order valence-corrected chi connectivity index (χ2v) is 14.8. The minimum atomic E-state index is -0.545. The average molecular weight is 618 g/mol. The Kier molecular flexibility index (Phi) is 10.1. The Morgan fingerprint density at radius 2 is 1.91 bits per heavy atom. The topological polar surface area (TPSA) is 89.4 Å². The number of nitrogens with zero attached hydrogens (tertiary/aromatic N) is 3. The van der Waals surface area contributed by atoms with E-state index in [9.17, 15) is 9.90 Å². The van der Waals surface area contributed by atoms with Gasteiger partial charge >= 0.3 is 0 Å². The molecule has 0 aromatic heterocycles. The van der Waals surface area contributed by atoms with Gasteiger partial charge in [-0.3, -0.25) is 14.7 Å². The fourth-order valence-electron chi connectivity index (χ4n) is 8.66. The van der Waals surface area contributed by atoms with E-state index in [-0.39, 0.29) is 36.2 Å². The molecule has 1 aromatic carbocycles. The number of nitrogens with one attached hydrogen (secondary N) is 2. The van der Waals surface area contributed by atoms with Crippen LogP contribution in [0.1, 0.15) is 64.4 Å². The number of aliphatic hydroxyl groups is 1. The number of rotatable bonds is 10. The Bertz CT molecular complexity index is 1290. The number of ketones is 1. The summed E-state index contributed by atoms with van der Waals surface area (Å²) in [5, 5.41) is 18.5. The summed E-state index contributed by atoms with van der Waals surface area (Å²) >= 11 is 0. The van der Waals surface area contributed by atoms with Crippen LogP contribution < -0.4 is 15.4 Å². The van der Waals surface area contributed by atoms with Crippen molar-refractivity contribution in [2.45, 2.75) is 77.1 Å². The number of benzene rings is 1. The molecule has 3 heterocycles. The fourth-order valence-corrected chi connectivity index (χ4v) is 8.66. The molecule has 0 radical (unpaired) electrons. The van der Waals surface area contributed by atoms with E-state index < -0.39 is 6.23 Å². The first-order valence-corrected chi connectivity index (χ1v) is 17.4. The first-order valence-electron chi connectivity index (χ1n) is 17.4. The summed E-state index contributed by atoms with van der Waals surface area (Å²) in [5.74, 6) is 4.19. The number of carbonyl (C=O) groups is 1. The van der Waals surface area contributed by atoms with Gasteiger partial charge in [0.2, 0.25) is 0 Å². The highest BCUT2D eigenvalue weighted by molar-refractivity contribution is 6.03. The van der Waals surface area contributed by atoms with Crippen LogP contribution in [-0.2, 0) is 4.79 Å². The van der Waals surface area contributed by atoms with E-state index >= 15 is 0 Å². The van der Waals surface area contributed by atoms with E-state index in [1.807, 2.05) is 19.0 Å². The monoisotopic (exact) mass is 617 g/mol. The van der Waals surface area contributed by atoms with Crippen molar-refractivity contribution in [1.29, 1.82) is 0 Å². The van der Waals surface area contributed by atoms with Crippen LogP contribution in [0.5, 0.6) is 5.75 Å². The molecule has 3 aliphatic heterocycles. The van der Waals surface area contributed by atoms with Gasteiger partial charge in [0.05, 0.1) is 12.6 Å². The molecule has 2 bridgehead atoms. The fraction of sp³-hybridized carbons (Fsp3) is 0.676. The van der Waals surface area contributed by atoms with Crippen LogP contribution in [0.25, 0.3) is 5.70 Å². The maximum atomic E-state index is 13.4. The molecule has 2 aliphatic carbocycles. The van der Waals surface area contributed by atoms with Gasteiger partial charge in [-0.25, -0.2) is 0 Å². The van der Waals surface area contributed by atoms with Crippen LogP contribution in [0, 0.1) is 35.5 Å². The maximum absolute atomic E-state index is 13.4. The third kappa shape index (κ3) is 7.09. The second kappa shape index (κ2) is 14.1. The summed E-state index contributed by atoms with van der Waals surface area (Å²) in [7, 11) is 6.09. The molecule has 0 spiro atoms. The highest BCUT2D eigenvalue weighted by Gasteiger charge is 2.50. The van der Waals surface area contributed by atoms with E-state index in [1.54, 1.807) is 0 Å². The second-order valence-electron chi connectivity index (χ2n) is 14.8. The van der Waals surface area contributed by atoms with Gasteiger partial charge in [0.1, 0.15) is 24.4 Å². The molecule has 9 unspecified atom stereocenters. The predicted octanol–water partition coefficient (Wildman–Crippen LogP) is 4.56. The van der Waals surface area contributed by atoms with Crippen LogP contribution in [0.3, 0.4) is 0 Å². The molecule has 8 nitrogen and oxygen atoms in total. The van der Waals surface area contributed by atoms with Gasteiger partial charge in [0.25, 0.3) is 0 Å². The molecule has 9 atom stereocenters. The SMILES string of the molecule is CC1=C(c2ccc(OCCC(C)C3CCCN(C)CC3)cc2)NC2=NCC(=O)C(NC3C4C=CC(C4)C3C(O)N(C)C)C2CC1. The van der Waals surface area contributed by atoms with Crippen molar-refractivity contribution in [3.05, 3.63) is 47.6 Å². The number of allylic oxidation sites excluding steroid dienone is 2. The number of carbonyl (C=O) groups excluding carboxylic acids is 1. The minimum Gasteiger partial charge on any atom is -0.494 e. The number of Topliss-reactive ketones (excluding diaryl/α,β-unsaturated/α-hetero) is 1. The van der Waals surface area contributed by atoms with Crippen molar-refractivity contribution in [2.75, 3.05) is 47.4 Å². The molecule has 8 heteroatoms. The predicted molar refractivity (Wildman–Crippen MR) is 181 cm³/mol. The van der Waals surface area contributed by atoms with Crippen LogP contribution in [-0.4, -0.2) is 92.2 Å². The van der Waals surface area contributed by atoms with Gasteiger partial charge in [-0.05, 0) is 145 Å². The molecule has 1 saturated carbocycles. The minimum absolute atomic E-state index is 0.0163. The van der Waals surface area contributed by atoms with Crippen molar-refractivity contribution in [2.24, 2.45) is 40.5 Å². The van der Waals surface area contributed by atoms with Crippen LogP contribution in [0.15, 0.2) is 47.0 Å². The number of aliphatic imine (C=N–C) groups is 1. The Hall–Kier alpha value is -2.52. The summed E-state index contributed by atoms with van der Waals surface area (Å²) in [6, 6.07) is 8.23. The largest absolute Gasteiger partial charge is 0.494 e. The molecule has 6 rings (SSSR count). The molecule has 0 amide bonds. The highest BCUT2D eigenvalue weighted by atomic mass is 16.5. The molecule has 1 saturated heterocycles. The quantitative estimate of drug-likeness (QED) is 0.262. The lowest BCUT2D eigenvalue weighted by Gasteiger charge is -2.39. The zero-order valence-corrected chi connectivity index (χ0v) is 28.0. The smallest absolute Gasteiger partial charge is 0.171 e. The van der Waals surface area contributed by atoms with E-state index in [2.05, 4.69) is 72.8 Å². The number of fused-ring (bicyclic) bond motifs is 3. The zero-order chi connectivity index (χ0) is 31.7. The first-order chi connectivity index (χ1) is 21.7. The molecule has 2 fully saturated rings. The molecule has 3 N–H and O–H groups in total. The Morgan fingerprint density at radius 3 is 2.69 bits per heavy atom. The lowest BCUT2D eigenvalue weighted by Crippen LogP contribution is -2.59. The van der Waals surface area contributed by atoms with Gasteiger partial charge in [0, 0.05) is 23.6 Å². The van der Waals surface area contributed by atoms with Gasteiger partial charge in [-0.15, -0.1) is 0 Å². The number of hydrogen-bond acceptors (Lipinski definition) is 8. The summed E-state index contributed by atoms with van der Waals surface area (Å²) in [5.41, 5.74) is 3.48. The summed E-state index contributed by atoms with van der Waals surface area (Å²) in [6.07, 6.45) is 11.8. The lowest BCUT2D eigenvalue weighted by atomic mass is 9.83. The number of likely N-dealkylation sites (tertiary alicyclic amines) is 1. The molecular formula is C37H55N5O3. The van der Waals surface area contributed by atoms with Crippen molar-refractivity contribution >= 4 is 17.3 Å². The zero-order valence-electron chi connectivity index (χ0n) is 28.0. The van der Waals surface area contributed by atoms with E-state index in [1.165, 1.54) is 37.9 Å². The van der Waals surface area contributed by atoms with E-state index in [0.29, 0.717) is 17.8 Å². The van der Waals surface area contributed by atoms with Crippen LogP contribution >= 0.6 is 0 Å². The average Bonchev–Trinajstić information content (AvgIpc) is 3.50. The third-order valence-electron chi connectivity index (χ3n) is 11.6. The van der Waals surface area contributed by atoms with Gasteiger partial charge in [-0.1, -0.05) is 19.1 Å². The number of hydrogen-bond donors (Lipinski definition) is 3. The molecule has 1 aromatic rings. The Morgan fingerprint density at radius 1 is 1.13 bits per heavy atom. The molecule has 5 aliphatic rings. The van der Waals surface area contributed by atoms with Crippen molar-refractivity contribution in [3.63, 3.8) is 0 Å². The van der Waals surface area contributed by atoms with E-state index in [0.717, 1.165) is 61.1 Å². The standard InChI is InChI=1S/C37H55N5O3/c1-23(25-7-6-18-42(5)19-16-25)17-20-45-29-13-11-26(12-14-29)33-24(2)8-15-30-35(31(43)22-38-36(30)40-33)39-34-28-10-9-27(21-28)32(34)37(44)41(3)4/h9-14,23,25,27-28,30,32,34-35,37,39,44H,6-8,15-22H2,1-5H3,(H,38,40). The molecule has 246 valence electrons. The van der Waals surface area contributed by atoms with Gasteiger partial charge < -0.3 is 25.4 Å². The summed E-state index contributed by atoms with van der Waals surface area (Å²) < 4.78 is 6.21. The van der Waals surface area contributed by atoms with Crippen LogP contribution in [0.2, 0.25) is 0 Å². The summed E-state index contributed by atoms with van der Waals surface area (Å²) in [6.45, 7) is 7.95. The number of ether oxygens (including phenoxy) is 1. The summed E-state index contributed by atoms with van der Waals surface area (Å²) in [4.78, 5) is 22.5. The maximum Gasteiger partial charge on any atom is 0.171 e. The van der Waals surface area contributed by atoms with Crippen molar-refractivity contribution < 1.29 is 14.6 Å². The van der Waals surface area contributed by atoms with Gasteiger partial charge in [0.15, 0.2) is 5.78 Å². The number of aliphatic hydroxyl groups excluding tert-OH is 1. The van der Waals surface area contributed by atoms with Crippen LogP contribution in [0.4, 0.5) is 0 Å². The van der Waals surface area contributed by atoms with Crippen molar-refractivity contribution in [1.82, 2.24) is 20.4 Å². The highest BCUT2D eigenvalue weighted by Crippen LogP contribution is 2.46. The third-order valence-corrected chi connectivity index (χ3v) is 11.6. The molecular weight excluding hydrogens is 562 g/mol. The Labute approximate surface area is 270 Å². The Balaban J connectivity index is 1.08. The van der Waals surface area contributed by atoms with E-state index in [4.69, 9.17) is 9.73 Å². The van der Waals surface area contributed by atoms with Crippen molar-refractivity contribution in [3.8, 4) is 5.75 Å². The molecule has 45 heavy (non-hydrogen) atoms. The normalized spacial score (nSPS) is 33.4. The first kappa shape index (κ1) is 32.4.